The van der Waals surface area contributed by atoms with Crippen LogP contribution < -0.4 is 7.59 Å². The molecule has 1 N–H and O–H groups in total. The van der Waals surface area contributed by atoms with E-state index in [1.54, 1.807) is 35.1 Å². The minimum atomic E-state index is -3.05. The van der Waals surface area contributed by atoms with Crippen LogP contribution in [0.4, 0.5) is 0 Å². The molecule has 0 saturated carbocycles. The number of halogens is 1. The maximum Gasteiger partial charge on any atom is 0.365 e. The van der Waals surface area contributed by atoms with Gasteiger partial charge in [0.15, 0.2) is 34.5 Å². The van der Waals surface area contributed by atoms with Crippen LogP contribution in [0.15, 0.2) is 48.5 Å². The topological polar surface area (TPSA) is 55.8 Å². The number of rotatable bonds is 4. The van der Waals surface area contributed by atoms with Crippen molar-refractivity contribution >= 4 is 31.3 Å². The van der Waals surface area contributed by atoms with Crippen molar-refractivity contribution in [1.82, 2.24) is 0 Å². The van der Waals surface area contributed by atoms with E-state index < -0.39 is 8.25 Å². The molecule has 0 amide bonds. The third kappa shape index (κ3) is 3.25. The van der Waals surface area contributed by atoms with Gasteiger partial charge < -0.3 is 12.5 Å². The van der Waals surface area contributed by atoms with Crippen molar-refractivity contribution in [3.05, 3.63) is 48.5 Å². The van der Waals surface area contributed by atoms with E-state index in [9.17, 15) is 4.57 Å². The zero-order chi connectivity index (χ0) is 13.0. The molecule has 0 aliphatic heterocycles. The van der Waals surface area contributed by atoms with E-state index in [4.69, 9.17) is 12.5 Å². The van der Waals surface area contributed by atoms with Gasteiger partial charge in [-0.3, -0.25) is 0 Å². The molecular weight excluding hydrogens is 366 g/mol. The second-order valence-corrected chi connectivity index (χ2v) is 4.65. The smallest absolute Gasteiger partial charge is 0.365 e. The predicted molar refractivity (Wildman–Crippen MR) is 78.4 cm³/mol. The second kappa shape index (κ2) is 6.22. The number of hydrogen-bond acceptors (Lipinski definition) is 3. The minimum absolute atomic E-state index is 0.261. The predicted octanol–water partition coefficient (Wildman–Crippen LogP) is 3.84. The molecule has 0 heterocycles. The Bertz CT molecular complexity index is 559. The van der Waals surface area contributed by atoms with E-state index in [2.05, 4.69) is 0 Å². The molecule has 94 valence electrons. The highest BCUT2D eigenvalue weighted by molar-refractivity contribution is 14.1. The molecule has 1 atom stereocenters. The zero-order valence-corrected chi connectivity index (χ0v) is 12.3. The van der Waals surface area contributed by atoms with Gasteiger partial charge >= 0.3 is 8.25 Å². The summed E-state index contributed by atoms with van der Waals surface area (Å²) in [4.78, 5) is 8.85. The Morgan fingerprint density at radius 3 is 2.33 bits per heavy atom. The Hall–Kier alpha value is -1.04. The SMILES string of the molecule is O=[PH](O)Oc1cc(-c2ccccc2)ccc1OI. The Balaban J connectivity index is 2.42. The molecule has 4 nitrogen and oxygen atoms in total. The van der Waals surface area contributed by atoms with Crippen LogP contribution in [-0.2, 0) is 4.57 Å². The molecular formula is C12H10IO4P. The molecule has 0 aromatic heterocycles. The monoisotopic (exact) mass is 376 g/mol. The van der Waals surface area contributed by atoms with Crippen molar-refractivity contribution in [2.75, 3.05) is 0 Å². The molecule has 18 heavy (non-hydrogen) atoms. The second-order valence-electron chi connectivity index (χ2n) is 3.47. The lowest BCUT2D eigenvalue weighted by molar-refractivity contribution is 0.406. The van der Waals surface area contributed by atoms with Crippen molar-refractivity contribution in [3.8, 4) is 22.6 Å². The van der Waals surface area contributed by atoms with Crippen molar-refractivity contribution < 1.29 is 17.0 Å². The third-order valence-electron chi connectivity index (χ3n) is 2.33. The van der Waals surface area contributed by atoms with Crippen molar-refractivity contribution in [1.29, 1.82) is 0 Å². The number of hydrogen-bond donors (Lipinski definition) is 1. The van der Waals surface area contributed by atoms with Gasteiger partial charge in [0.2, 0.25) is 0 Å². The third-order valence-corrected chi connectivity index (χ3v) is 3.20. The van der Waals surface area contributed by atoms with Gasteiger partial charge in [-0.05, 0) is 23.3 Å². The molecule has 0 aliphatic rings. The highest BCUT2D eigenvalue weighted by Gasteiger charge is 2.09. The summed E-state index contributed by atoms with van der Waals surface area (Å²) in [6.07, 6.45) is 0. The van der Waals surface area contributed by atoms with Crippen LogP contribution in [-0.4, -0.2) is 4.89 Å². The average molecular weight is 376 g/mol. The largest absolute Gasteiger partial charge is 0.424 e. The van der Waals surface area contributed by atoms with Crippen LogP contribution in [0.5, 0.6) is 11.5 Å². The number of benzene rings is 2. The first-order valence-corrected chi connectivity index (χ1v) is 7.24. The normalized spacial score (nSPS) is 11.9. The fourth-order valence-corrected chi connectivity index (χ4v) is 2.27. The first-order chi connectivity index (χ1) is 8.70. The van der Waals surface area contributed by atoms with Crippen LogP contribution >= 0.6 is 31.3 Å². The summed E-state index contributed by atoms with van der Waals surface area (Å²) >= 11 is 1.70. The summed E-state index contributed by atoms with van der Waals surface area (Å²) in [5.74, 6) is 0.680. The lowest BCUT2D eigenvalue weighted by atomic mass is 10.1. The maximum atomic E-state index is 10.8. The molecule has 0 radical (unpaired) electrons. The Morgan fingerprint density at radius 1 is 1.00 bits per heavy atom. The standard InChI is InChI=1S/C12H10IO4P/c13-16-11-7-6-10(8-12(11)17-18(14)15)9-4-2-1-3-5-9/h1-8,18H,(H,14,15). The van der Waals surface area contributed by atoms with Gasteiger partial charge in [0.05, 0.1) is 0 Å². The Labute approximate surface area is 119 Å². The summed E-state index contributed by atoms with van der Waals surface area (Å²) in [6.45, 7) is 0. The zero-order valence-electron chi connectivity index (χ0n) is 9.17. The molecule has 0 bridgehead atoms. The maximum absolute atomic E-state index is 10.8. The Morgan fingerprint density at radius 2 is 1.72 bits per heavy atom. The molecule has 0 fully saturated rings. The summed E-state index contributed by atoms with van der Waals surface area (Å²) in [5.41, 5.74) is 1.89. The van der Waals surface area contributed by atoms with Crippen LogP contribution in [0, 0.1) is 0 Å². The van der Waals surface area contributed by atoms with Gasteiger partial charge in [-0.15, -0.1) is 0 Å². The van der Waals surface area contributed by atoms with E-state index in [0.717, 1.165) is 11.1 Å². The molecule has 2 rings (SSSR count). The molecule has 2 aromatic carbocycles. The molecule has 0 saturated heterocycles. The minimum Gasteiger partial charge on any atom is -0.424 e. The van der Waals surface area contributed by atoms with Gasteiger partial charge in [0.1, 0.15) is 0 Å². The average Bonchev–Trinajstić information content (AvgIpc) is 2.39. The van der Waals surface area contributed by atoms with Gasteiger partial charge in [-0.2, -0.15) is 0 Å². The lowest BCUT2D eigenvalue weighted by Crippen LogP contribution is -1.86. The molecule has 0 spiro atoms. The summed E-state index contributed by atoms with van der Waals surface area (Å²) in [5, 5.41) is 0. The van der Waals surface area contributed by atoms with E-state index in [1.807, 2.05) is 36.4 Å². The lowest BCUT2D eigenvalue weighted by Gasteiger charge is -2.09. The summed E-state index contributed by atoms with van der Waals surface area (Å²) in [6, 6.07) is 14.9. The van der Waals surface area contributed by atoms with Gasteiger partial charge in [0.25, 0.3) is 0 Å². The van der Waals surface area contributed by atoms with Crippen LogP contribution in [0.2, 0.25) is 0 Å². The molecule has 2 aromatic rings. The van der Waals surface area contributed by atoms with E-state index in [1.165, 1.54) is 0 Å². The van der Waals surface area contributed by atoms with E-state index in [-0.39, 0.29) is 5.75 Å². The highest BCUT2D eigenvalue weighted by atomic mass is 127. The molecule has 6 heteroatoms. The van der Waals surface area contributed by atoms with Crippen LogP contribution in [0.25, 0.3) is 11.1 Å². The van der Waals surface area contributed by atoms with Crippen molar-refractivity contribution in [2.45, 2.75) is 0 Å². The molecule has 0 aliphatic carbocycles. The van der Waals surface area contributed by atoms with E-state index >= 15 is 0 Å². The first-order valence-electron chi connectivity index (χ1n) is 5.09. The fraction of sp³-hybridized carbons (Fsp3) is 0. The van der Waals surface area contributed by atoms with Gasteiger partial charge in [0, 0.05) is 0 Å². The Kier molecular flexibility index (Phi) is 4.63. The summed E-state index contributed by atoms with van der Waals surface area (Å²) in [7, 11) is -3.05. The van der Waals surface area contributed by atoms with Crippen LogP contribution in [0.3, 0.4) is 0 Å². The van der Waals surface area contributed by atoms with Crippen LogP contribution in [0.1, 0.15) is 0 Å². The highest BCUT2D eigenvalue weighted by Crippen LogP contribution is 2.37. The van der Waals surface area contributed by atoms with Crippen molar-refractivity contribution in [3.63, 3.8) is 0 Å². The molecule has 1 unspecified atom stereocenters. The van der Waals surface area contributed by atoms with Crippen molar-refractivity contribution in [2.24, 2.45) is 0 Å². The first kappa shape index (κ1) is 13.4. The fourth-order valence-electron chi connectivity index (χ4n) is 1.56. The quantitative estimate of drug-likeness (QED) is 0.651. The van der Waals surface area contributed by atoms with E-state index in [0.29, 0.717) is 5.75 Å². The van der Waals surface area contributed by atoms with Gasteiger partial charge in [-0.1, -0.05) is 36.4 Å². The summed E-state index contributed by atoms with van der Waals surface area (Å²) < 4.78 is 20.7. The van der Waals surface area contributed by atoms with Gasteiger partial charge in [-0.25, -0.2) is 4.57 Å².